The van der Waals surface area contributed by atoms with Crippen molar-refractivity contribution < 1.29 is 4.79 Å². The Balaban J connectivity index is 1.93. The van der Waals surface area contributed by atoms with Gasteiger partial charge in [0.1, 0.15) is 0 Å². The van der Waals surface area contributed by atoms with Gasteiger partial charge in [-0.1, -0.05) is 30.3 Å². The molecule has 1 heterocycles. The van der Waals surface area contributed by atoms with Crippen LogP contribution >= 0.6 is 11.3 Å². The third-order valence-electron chi connectivity index (χ3n) is 2.69. The highest BCUT2D eigenvalue weighted by Crippen LogP contribution is 2.10. The summed E-state index contributed by atoms with van der Waals surface area (Å²) in [5.41, 5.74) is 2.00. The number of benzene rings is 1. The highest BCUT2D eigenvalue weighted by Gasteiger charge is 2.11. The van der Waals surface area contributed by atoms with Gasteiger partial charge in [-0.3, -0.25) is 4.79 Å². The smallest absolute Gasteiger partial charge is 0.227 e. The molecule has 1 aromatic heterocycles. The predicted molar refractivity (Wildman–Crippen MR) is 73.5 cm³/mol. The largest absolute Gasteiger partial charge is 0.340 e. The number of carbonyl (C=O) groups is 1. The summed E-state index contributed by atoms with van der Waals surface area (Å²) in [4.78, 5) is 18.1. The summed E-state index contributed by atoms with van der Waals surface area (Å²) in [5.74, 6) is 0.117. The van der Waals surface area contributed by atoms with Crippen LogP contribution in [0.25, 0.3) is 0 Å². The Labute approximate surface area is 111 Å². The molecule has 0 radical (unpaired) electrons. The molecule has 0 unspecified atom stereocenters. The lowest BCUT2D eigenvalue weighted by molar-refractivity contribution is -0.129. The van der Waals surface area contributed by atoms with Gasteiger partial charge in [-0.05, 0) is 12.5 Å². The van der Waals surface area contributed by atoms with Crippen molar-refractivity contribution in [3.8, 4) is 0 Å². The van der Waals surface area contributed by atoms with Gasteiger partial charge in [0.25, 0.3) is 0 Å². The lowest BCUT2D eigenvalue weighted by Crippen LogP contribution is -2.27. The van der Waals surface area contributed by atoms with Gasteiger partial charge in [-0.15, -0.1) is 11.3 Å². The van der Waals surface area contributed by atoms with Crippen molar-refractivity contribution in [1.82, 2.24) is 9.88 Å². The molecule has 0 bridgehead atoms. The number of rotatable bonds is 4. The summed E-state index contributed by atoms with van der Waals surface area (Å²) in [6.45, 7) is 2.55. The topological polar surface area (TPSA) is 33.2 Å². The van der Waals surface area contributed by atoms with Crippen molar-refractivity contribution in [2.75, 3.05) is 7.05 Å². The number of amides is 1. The monoisotopic (exact) mass is 260 g/mol. The summed E-state index contributed by atoms with van der Waals surface area (Å²) in [6.07, 6.45) is 0.445. The lowest BCUT2D eigenvalue weighted by Gasteiger charge is -2.15. The maximum absolute atomic E-state index is 12.0. The Kier molecular flexibility index (Phi) is 4.10. The molecule has 0 saturated heterocycles. The Bertz CT molecular complexity index is 522. The number of nitrogens with zero attached hydrogens (tertiary/aromatic N) is 2. The van der Waals surface area contributed by atoms with Gasteiger partial charge in [-0.25, -0.2) is 4.98 Å². The van der Waals surface area contributed by atoms with Crippen LogP contribution in [0.4, 0.5) is 0 Å². The van der Waals surface area contributed by atoms with Gasteiger partial charge >= 0.3 is 0 Å². The van der Waals surface area contributed by atoms with Gasteiger partial charge in [0.15, 0.2) is 0 Å². The molecule has 3 nitrogen and oxygen atoms in total. The van der Waals surface area contributed by atoms with E-state index < -0.39 is 0 Å². The minimum atomic E-state index is 0.117. The molecular formula is C14H16N2OS. The third kappa shape index (κ3) is 3.40. The van der Waals surface area contributed by atoms with Crippen LogP contribution in [0.15, 0.2) is 35.7 Å². The van der Waals surface area contributed by atoms with E-state index in [1.165, 1.54) is 0 Å². The second-order valence-electron chi connectivity index (χ2n) is 4.27. The number of thiazole rings is 1. The molecule has 0 spiro atoms. The van der Waals surface area contributed by atoms with E-state index in [9.17, 15) is 4.79 Å². The second kappa shape index (κ2) is 5.78. The van der Waals surface area contributed by atoms with E-state index in [1.54, 1.807) is 16.2 Å². The molecule has 1 amide bonds. The van der Waals surface area contributed by atoms with E-state index in [0.29, 0.717) is 13.0 Å². The molecule has 0 aliphatic carbocycles. The second-order valence-corrected chi connectivity index (χ2v) is 5.33. The standard InChI is InChI=1S/C14H16N2OS/c1-11-15-13(10-18-11)9-16(2)14(17)8-12-6-4-3-5-7-12/h3-7,10H,8-9H2,1-2H3. The fourth-order valence-corrected chi connectivity index (χ4v) is 2.32. The van der Waals surface area contributed by atoms with Crippen LogP contribution in [-0.2, 0) is 17.8 Å². The van der Waals surface area contributed by atoms with Gasteiger partial charge in [0.05, 0.1) is 23.7 Å². The van der Waals surface area contributed by atoms with Crippen molar-refractivity contribution in [2.45, 2.75) is 19.9 Å². The summed E-state index contributed by atoms with van der Waals surface area (Å²) in [6, 6.07) is 9.80. The van der Waals surface area contributed by atoms with Gasteiger partial charge in [-0.2, -0.15) is 0 Å². The number of aromatic nitrogens is 1. The van der Waals surface area contributed by atoms with E-state index in [2.05, 4.69) is 4.98 Å². The summed E-state index contributed by atoms with van der Waals surface area (Å²) < 4.78 is 0. The zero-order valence-corrected chi connectivity index (χ0v) is 11.4. The third-order valence-corrected chi connectivity index (χ3v) is 3.51. The quantitative estimate of drug-likeness (QED) is 0.846. The van der Waals surface area contributed by atoms with E-state index in [4.69, 9.17) is 0 Å². The molecule has 2 rings (SSSR count). The molecule has 4 heteroatoms. The fourth-order valence-electron chi connectivity index (χ4n) is 1.72. The zero-order chi connectivity index (χ0) is 13.0. The summed E-state index contributed by atoms with van der Waals surface area (Å²) in [5, 5.41) is 3.04. The van der Waals surface area contributed by atoms with Crippen molar-refractivity contribution in [3.63, 3.8) is 0 Å². The highest BCUT2D eigenvalue weighted by molar-refractivity contribution is 7.09. The molecule has 0 atom stereocenters. The Hall–Kier alpha value is -1.68. The number of carbonyl (C=O) groups excluding carboxylic acids is 1. The van der Waals surface area contributed by atoms with Crippen LogP contribution in [-0.4, -0.2) is 22.8 Å². The van der Waals surface area contributed by atoms with E-state index in [0.717, 1.165) is 16.3 Å². The molecule has 94 valence electrons. The van der Waals surface area contributed by atoms with Crippen molar-refractivity contribution in [2.24, 2.45) is 0 Å². The van der Waals surface area contributed by atoms with Gasteiger partial charge < -0.3 is 4.90 Å². The molecule has 18 heavy (non-hydrogen) atoms. The maximum atomic E-state index is 12.0. The van der Waals surface area contributed by atoms with Crippen LogP contribution in [0.1, 0.15) is 16.3 Å². The average molecular weight is 260 g/mol. The van der Waals surface area contributed by atoms with Crippen molar-refractivity contribution in [1.29, 1.82) is 0 Å². The highest BCUT2D eigenvalue weighted by atomic mass is 32.1. The van der Waals surface area contributed by atoms with Gasteiger partial charge in [0, 0.05) is 12.4 Å². The minimum absolute atomic E-state index is 0.117. The predicted octanol–water partition coefficient (Wildman–Crippen LogP) is 2.65. The number of hydrogen-bond donors (Lipinski definition) is 0. The fraction of sp³-hybridized carbons (Fsp3) is 0.286. The van der Waals surface area contributed by atoms with E-state index in [1.807, 2.05) is 49.7 Å². The van der Waals surface area contributed by atoms with Crippen LogP contribution < -0.4 is 0 Å². The first kappa shape index (κ1) is 12.8. The average Bonchev–Trinajstić information content (AvgIpc) is 2.76. The van der Waals surface area contributed by atoms with Gasteiger partial charge in [0.2, 0.25) is 5.91 Å². The molecule has 0 aliphatic rings. The SMILES string of the molecule is Cc1nc(CN(C)C(=O)Cc2ccccc2)cs1. The van der Waals surface area contributed by atoms with Crippen LogP contribution in [0.5, 0.6) is 0 Å². The Morgan fingerprint density at radius 2 is 2.06 bits per heavy atom. The Morgan fingerprint density at radius 1 is 1.33 bits per heavy atom. The molecule has 2 aromatic rings. The summed E-state index contributed by atoms with van der Waals surface area (Å²) in [7, 11) is 1.82. The van der Waals surface area contributed by atoms with Crippen LogP contribution in [0.3, 0.4) is 0 Å². The van der Waals surface area contributed by atoms with Crippen molar-refractivity contribution in [3.05, 3.63) is 52.0 Å². The van der Waals surface area contributed by atoms with E-state index in [-0.39, 0.29) is 5.91 Å². The number of hydrogen-bond acceptors (Lipinski definition) is 3. The first-order valence-corrected chi connectivity index (χ1v) is 6.72. The normalized spacial score (nSPS) is 10.3. The first-order valence-electron chi connectivity index (χ1n) is 5.84. The zero-order valence-electron chi connectivity index (χ0n) is 10.6. The molecule has 0 aliphatic heterocycles. The Morgan fingerprint density at radius 3 is 2.67 bits per heavy atom. The van der Waals surface area contributed by atoms with E-state index >= 15 is 0 Å². The van der Waals surface area contributed by atoms with Crippen molar-refractivity contribution >= 4 is 17.2 Å². The molecule has 0 saturated carbocycles. The lowest BCUT2D eigenvalue weighted by atomic mass is 10.1. The van der Waals surface area contributed by atoms with Crippen LogP contribution in [0, 0.1) is 6.92 Å². The first-order chi connectivity index (χ1) is 8.65. The minimum Gasteiger partial charge on any atom is -0.340 e. The number of aryl methyl sites for hydroxylation is 1. The maximum Gasteiger partial charge on any atom is 0.227 e. The molecule has 0 N–H and O–H groups in total. The molecule has 0 fully saturated rings. The molecular weight excluding hydrogens is 244 g/mol. The van der Waals surface area contributed by atoms with Crippen LogP contribution in [0.2, 0.25) is 0 Å². The number of likely N-dealkylation sites (N-methyl/N-ethyl adjacent to an activating group) is 1. The molecule has 1 aromatic carbocycles. The summed E-state index contributed by atoms with van der Waals surface area (Å²) >= 11 is 1.61.